The molecular formula is C13H19NO3S. The first-order valence-corrected chi connectivity index (χ1v) is 8.19. The highest BCUT2D eigenvalue weighted by atomic mass is 32.2. The molecule has 0 aromatic carbocycles. The minimum absolute atomic E-state index is 0.137. The summed E-state index contributed by atoms with van der Waals surface area (Å²) in [4.78, 5) is 4.00. The molecule has 4 nitrogen and oxygen atoms in total. The van der Waals surface area contributed by atoms with Crippen molar-refractivity contribution in [1.29, 1.82) is 0 Å². The summed E-state index contributed by atoms with van der Waals surface area (Å²) < 4.78 is 28.7. The van der Waals surface area contributed by atoms with Gasteiger partial charge in [-0.15, -0.1) is 0 Å². The van der Waals surface area contributed by atoms with Crippen molar-refractivity contribution < 1.29 is 13.2 Å². The molecule has 18 heavy (non-hydrogen) atoms. The quantitative estimate of drug-likeness (QED) is 0.846. The maximum Gasteiger partial charge on any atom is 0.193 e. The van der Waals surface area contributed by atoms with Gasteiger partial charge < -0.3 is 4.74 Å². The van der Waals surface area contributed by atoms with Gasteiger partial charge in [0.2, 0.25) is 0 Å². The first-order valence-electron chi connectivity index (χ1n) is 6.30. The summed E-state index contributed by atoms with van der Waals surface area (Å²) >= 11 is 0. The number of hydrogen-bond acceptors (Lipinski definition) is 4. The molecule has 1 aliphatic rings. The van der Waals surface area contributed by atoms with E-state index >= 15 is 0 Å². The topological polar surface area (TPSA) is 56.3 Å². The number of rotatable bonds is 3. The minimum Gasteiger partial charge on any atom is -0.489 e. The van der Waals surface area contributed by atoms with Gasteiger partial charge in [-0.05, 0) is 44.2 Å². The van der Waals surface area contributed by atoms with Gasteiger partial charge in [-0.25, -0.2) is 13.4 Å². The molecule has 0 bridgehead atoms. The normalized spacial score (nSPS) is 17.7. The molecule has 0 amide bonds. The maximum atomic E-state index is 11.5. The Morgan fingerprint density at radius 1 is 1.28 bits per heavy atom. The Morgan fingerprint density at radius 2 is 1.94 bits per heavy atom. The molecule has 1 fully saturated rings. The van der Waals surface area contributed by atoms with E-state index in [9.17, 15) is 8.42 Å². The number of ether oxygens (including phenoxy) is 1. The van der Waals surface area contributed by atoms with E-state index in [1.54, 1.807) is 13.0 Å². The second-order valence-electron chi connectivity index (χ2n) is 4.94. The van der Waals surface area contributed by atoms with Gasteiger partial charge in [0, 0.05) is 6.26 Å². The summed E-state index contributed by atoms with van der Waals surface area (Å²) in [6.45, 7) is 1.75. The van der Waals surface area contributed by atoms with E-state index in [2.05, 4.69) is 4.98 Å². The molecule has 5 heteroatoms. The molecule has 0 aliphatic heterocycles. The largest absolute Gasteiger partial charge is 0.489 e. The van der Waals surface area contributed by atoms with Crippen molar-refractivity contribution in [3.05, 3.63) is 17.8 Å². The standard InChI is InChI=1S/C13H19NO3S/c1-10-8-12(9-14-13(10)18(2,15)16)17-11-6-4-3-5-7-11/h8-9,11H,3-7H2,1-2H3. The van der Waals surface area contributed by atoms with Crippen LogP contribution in [0.1, 0.15) is 37.7 Å². The lowest BCUT2D eigenvalue weighted by molar-refractivity contribution is 0.154. The average Bonchev–Trinajstić information content (AvgIpc) is 2.28. The first-order chi connectivity index (χ1) is 8.47. The van der Waals surface area contributed by atoms with Crippen LogP contribution in [0.3, 0.4) is 0 Å². The summed E-state index contributed by atoms with van der Waals surface area (Å²) in [7, 11) is -3.25. The number of pyridine rings is 1. The van der Waals surface area contributed by atoms with Crippen LogP contribution in [0.4, 0.5) is 0 Å². The number of aryl methyl sites for hydroxylation is 1. The van der Waals surface area contributed by atoms with Gasteiger partial charge in [0.1, 0.15) is 5.75 Å². The van der Waals surface area contributed by atoms with Crippen LogP contribution >= 0.6 is 0 Å². The lowest BCUT2D eigenvalue weighted by atomic mass is 9.98. The summed E-state index contributed by atoms with van der Waals surface area (Å²) in [6.07, 6.45) is 8.78. The van der Waals surface area contributed by atoms with Crippen molar-refractivity contribution in [3.8, 4) is 5.75 Å². The molecule has 0 N–H and O–H groups in total. The Hall–Kier alpha value is -1.10. The second kappa shape index (κ2) is 5.26. The van der Waals surface area contributed by atoms with E-state index in [-0.39, 0.29) is 11.1 Å². The van der Waals surface area contributed by atoms with Crippen molar-refractivity contribution in [2.24, 2.45) is 0 Å². The molecule has 1 saturated carbocycles. The lowest BCUT2D eigenvalue weighted by Crippen LogP contribution is -2.19. The Bertz CT molecular complexity index is 519. The second-order valence-corrected chi connectivity index (χ2v) is 6.87. The predicted octanol–water partition coefficient (Wildman–Crippen LogP) is 2.51. The van der Waals surface area contributed by atoms with E-state index in [1.807, 2.05) is 0 Å². The molecule has 0 radical (unpaired) electrons. The number of sulfone groups is 1. The summed E-state index contributed by atoms with van der Waals surface area (Å²) in [5.41, 5.74) is 0.644. The Kier molecular flexibility index (Phi) is 3.90. The van der Waals surface area contributed by atoms with Gasteiger partial charge in [-0.1, -0.05) is 6.42 Å². The molecule has 2 rings (SSSR count). The molecule has 100 valence electrons. The van der Waals surface area contributed by atoms with E-state index in [0.29, 0.717) is 11.3 Å². The minimum atomic E-state index is -3.25. The molecular weight excluding hydrogens is 250 g/mol. The van der Waals surface area contributed by atoms with Crippen LogP contribution in [0, 0.1) is 6.92 Å². The van der Waals surface area contributed by atoms with Crippen molar-refractivity contribution in [3.63, 3.8) is 0 Å². The van der Waals surface area contributed by atoms with Crippen molar-refractivity contribution in [1.82, 2.24) is 4.98 Å². The van der Waals surface area contributed by atoms with Crippen molar-refractivity contribution in [2.75, 3.05) is 6.26 Å². The van der Waals surface area contributed by atoms with Crippen LogP contribution in [0.25, 0.3) is 0 Å². The summed E-state index contributed by atoms with van der Waals surface area (Å²) in [5, 5.41) is 0.137. The van der Waals surface area contributed by atoms with Crippen LogP contribution in [0.15, 0.2) is 17.3 Å². The van der Waals surface area contributed by atoms with E-state index in [0.717, 1.165) is 12.8 Å². The molecule has 0 saturated heterocycles. The van der Waals surface area contributed by atoms with Crippen LogP contribution in [-0.2, 0) is 9.84 Å². The third-order valence-electron chi connectivity index (χ3n) is 3.21. The van der Waals surface area contributed by atoms with Crippen LogP contribution < -0.4 is 4.74 Å². The number of hydrogen-bond donors (Lipinski definition) is 0. The average molecular weight is 269 g/mol. The van der Waals surface area contributed by atoms with E-state index in [4.69, 9.17) is 4.74 Å². The van der Waals surface area contributed by atoms with Gasteiger partial charge >= 0.3 is 0 Å². The van der Waals surface area contributed by atoms with Gasteiger partial charge in [0.25, 0.3) is 0 Å². The lowest BCUT2D eigenvalue weighted by Gasteiger charge is -2.23. The Labute approximate surface area is 108 Å². The van der Waals surface area contributed by atoms with Crippen molar-refractivity contribution in [2.45, 2.75) is 50.2 Å². The number of nitrogens with zero attached hydrogens (tertiary/aromatic N) is 1. The molecule has 1 heterocycles. The Morgan fingerprint density at radius 3 is 2.50 bits per heavy atom. The smallest absolute Gasteiger partial charge is 0.193 e. The summed E-state index contributed by atoms with van der Waals surface area (Å²) in [6, 6.07) is 1.76. The molecule has 0 spiro atoms. The van der Waals surface area contributed by atoms with Crippen LogP contribution in [-0.4, -0.2) is 25.8 Å². The van der Waals surface area contributed by atoms with Crippen LogP contribution in [0.2, 0.25) is 0 Å². The third-order valence-corrected chi connectivity index (χ3v) is 4.34. The van der Waals surface area contributed by atoms with Gasteiger partial charge in [-0.3, -0.25) is 0 Å². The monoisotopic (exact) mass is 269 g/mol. The summed E-state index contributed by atoms with van der Waals surface area (Å²) in [5.74, 6) is 0.673. The number of aromatic nitrogens is 1. The Balaban J connectivity index is 2.13. The van der Waals surface area contributed by atoms with Gasteiger partial charge in [0.05, 0.1) is 12.3 Å². The highest BCUT2D eigenvalue weighted by Crippen LogP contribution is 2.24. The third kappa shape index (κ3) is 3.22. The predicted molar refractivity (Wildman–Crippen MR) is 69.6 cm³/mol. The first kappa shape index (κ1) is 13.3. The highest BCUT2D eigenvalue weighted by Gasteiger charge is 2.17. The fourth-order valence-electron chi connectivity index (χ4n) is 2.36. The fourth-order valence-corrected chi connectivity index (χ4v) is 3.25. The SMILES string of the molecule is Cc1cc(OC2CCCCC2)cnc1S(C)(=O)=O. The molecule has 0 unspecified atom stereocenters. The fraction of sp³-hybridized carbons (Fsp3) is 0.615. The zero-order chi connectivity index (χ0) is 13.2. The molecule has 1 aliphatic carbocycles. The van der Waals surface area contributed by atoms with Gasteiger partial charge in [0.15, 0.2) is 14.9 Å². The molecule has 0 atom stereocenters. The van der Waals surface area contributed by atoms with Gasteiger partial charge in [-0.2, -0.15) is 0 Å². The zero-order valence-corrected chi connectivity index (χ0v) is 11.7. The van der Waals surface area contributed by atoms with Crippen molar-refractivity contribution >= 4 is 9.84 Å². The maximum absolute atomic E-state index is 11.5. The zero-order valence-electron chi connectivity index (χ0n) is 10.8. The van der Waals surface area contributed by atoms with E-state index < -0.39 is 9.84 Å². The highest BCUT2D eigenvalue weighted by molar-refractivity contribution is 7.90. The van der Waals surface area contributed by atoms with E-state index in [1.165, 1.54) is 31.7 Å². The van der Waals surface area contributed by atoms with Crippen LogP contribution in [0.5, 0.6) is 5.75 Å². The molecule has 1 aromatic rings. The molecule has 1 aromatic heterocycles.